The van der Waals surface area contributed by atoms with Crippen LogP contribution in [0.3, 0.4) is 0 Å². The molecule has 0 heterocycles. The fourth-order valence-corrected chi connectivity index (χ4v) is 14.8. The summed E-state index contributed by atoms with van der Waals surface area (Å²) < 4.78 is 0. The van der Waals surface area contributed by atoms with Gasteiger partial charge in [0.2, 0.25) is 0 Å². The van der Waals surface area contributed by atoms with E-state index < -0.39 is 15.2 Å². The Bertz CT molecular complexity index is 427. The molecule has 0 aromatic heterocycles. The first-order chi connectivity index (χ1) is 8.52. The van der Waals surface area contributed by atoms with E-state index in [9.17, 15) is 5.11 Å². The first-order valence-electron chi connectivity index (χ1n) is 6.69. The topological polar surface area (TPSA) is 20.2 Å². The molecular weight excluding hydrogens is 414 g/mol. The molecule has 0 spiro atoms. The third-order valence-corrected chi connectivity index (χ3v) is 22.1. The van der Waals surface area contributed by atoms with Gasteiger partial charge < -0.3 is 29.9 Å². The average molecular weight is 437 g/mol. The molecule has 0 aromatic rings. The second-order valence-electron chi connectivity index (χ2n) is 5.88. The number of hydrogen-bond acceptors (Lipinski definition) is 1. The van der Waals surface area contributed by atoms with Crippen LogP contribution in [0.4, 0.5) is 0 Å². The van der Waals surface area contributed by atoms with Crippen molar-refractivity contribution in [3.05, 3.63) is 46.8 Å². The third-order valence-electron chi connectivity index (χ3n) is 4.56. The predicted molar refractivity (Wildman–Crippen MR) is 82.0 cm³/mol. The molecule has 21 heavy (non-hydrogen) atoms. The van der Waals surface area contributed by atoms with Crippen LogP contribution in [0.1, 0.15) is 12.8 Å². The van der Waals surface area contributed by atoms with E-state index in [0.29, 0.717) is 6.61 Å². The Morgan fingerprint density at radius 3 is 1.71 bits per heavy atom. The van der Waals surface area contributed by atoms with Crippen molar-refractivity contribution in [3.8, 4) is 0 Å². The third kappa shape index (κ3) is 4.65. The summed E-state index contributed by atoms with van der Waals surface area (Å²) in [5.41, 5.74) is 0. The summed E-state index contributed by atoms with van der Waals surface area (Å²) in [4.78, 5) is 0. The number of rotatable bonds is 5. The van der Waals surface area contributed by atoms with Crippen molar-refractivity contribution in [3.63, 3.8) is 0 Å². The first-order valence-corrected chi connectivity index (χ1v) is 13.4. The monoisotopic (exact) mass is 434 g/mol. The molecule has 1 nitrogen and oxygen atoms in total. The molecule has 6 heteroatoms. The Balaban J connectivity index is 0. The van der Waals surface area contributed by atoms with Gasteiger partial charge in [0, 0.05) is 21.8 Å². The maximum Gasteiger partial charge on any atom is 4.00 e. The zero-order chi connectivity index (χ0) is 13.2. The molecule has 0 bridgehead atoms. The Morgan fingerprint density at radius 2 is 1.43 bits per heavy atom. The molecule has 0 saturated heterocycles. The van der Waals surface area contributed by atoms with Crippen LogP contribution >= 0.6 is 0 Å². The molecule has 0 atom stereocenters. The van der Waals surface area contributed by atoms with E-state index in [2.05, 4.69) is 56.1 Å². The molecule has 0 amide bonds. The Kier molecular flexibility index (Phi) is 11.3. The van der Waals surface area contributed by atoms with Crippen LogP contribution < -0.4 is 24.8 Å². The van der Waals surface area contributed by atoms with Crippen LogP contribution in [0.15, 0.2) is 34.7 Å². The fraction of sp³-hybridized carbons (Fsp3) is 0.467. The molecule has 0 radical (unpaired) electrons. The van der Waals surface area contributed by atoms with Gasteiger partial charge in [-0.05, 0) is 6.04 Å². The summed E-state index contributed by atoms with van der Waals surface area (Å²) in [6.07, 6.45) is 18.0. The van der Waals surface area contributed by atoms with E-state index in [1.54, 1.807) is 0 Å². The van der Waals surface area contributed by atoms with Crippen molar-refractivity contribution in [2.45, 2.75) is 38.5 Å². The molecule has 2 rings (SSSR count). The Morgan fingerprint density at radius 1 is 1.00 bits per heavy atom. The van der Waals surface area contributed by atoms with Crippen molar-refractivity contribution in [1.29, 1.82) is 0 Å². The van der Waals surface area contributed by atoms with Crippen molar-refractivity contribution >= 4 is 15.2 Å². The second kappa shape index (κ2) is 9.84. The summed E-state index contributed by atoms with van der Waals surface area (Å²) in [5.74, 6) is 0. The smallest absolute Gasteiger partial charge is 1.00 e. The van der Waals surface area contributed by atoms with Gasteiger partial charge in [0.1, 0.15) is 0 Å². The van der Waals surface area contributed by atoms with E-state index in [1.807, 2.05) is 0 Å². The van der Waals surface area contributed by atoms with Gasteiger partial charge in [0.05, 0.1) is 0 Å². The molecular formula is C15H22Cl2OSi2Zr. The molecule has 0 fully saturated rings. The van der Waals surface area contributed by atoms with Gasteiger partial charge in [-0.3, -0.25) is 12.2 Å². The molecule has 0 saturated carbocycles. The molecule has 114 valence electrons. The van der Waals surface area contributed by atoms with Gasteiger partial charge in [-0.15, -0.1) is 12.8 Å². The van der Waals surface area contributed by atoms with Crippen molar-refractivity contribution in [2.24, 2.45) is 0 Å². The fourth-order valence-electron chi connectivity index (χ4n) is 2.90. The van der Waals surface area contributed by atoms with Crippen molar-refractivity contribution in [2.75, 3.05) is 6.61 Å². The number of aliphatic hydroxyl groups is 1. The van der Waals surface area contributed by atoms with Crippen molar-refractivity contribution < 1.29 is 56.1 Å². The largest absolute Gasteiger partial charge is 4.00 e. The summed E-state index contributed by atoms with van der Waals surface area (Å²) in [5, 5.41) is 12.3. The summed E-state index contributed by atoms with van der Waals surface area (Å²) in [7, 11) is -3.22. The van der Waals surface area contributed by atoms with Gasteiger partial charge in [0.15, 0.2) is 0 Å². The molecule has 0 aliphatic heterocycles. The zero-order valence-electron chi connectivity index (χ0n) is 12.8. The van der Waals surface area contributed by atoms with Gasteiger partial charge in [0.25, 0.3) is 0 Å². The van der Waals surface area contributed by atoms with Crippen LogP contribution in [0, 0.1) is 12.2 Å². The molecule has 2 aliphatic rings. The number of halogens is 2. The molecule has 0 aromatic carbocycles. The van der Waals surface area contributed by atoms with E-state index >= 15 is 0 Å². The summed E-state index contributed by atoms with van der Waals surface area (Å²) >= 11 is 0. The van der Waals surface area contributed by atoms with Crippen LogP contribution in [0.5, 0.6) is 0 Å². The minimum absolute atomic E-state index is 0. The standard InChI is InChI=1S/C15H22OSi2.2ClH.Zr/c1-17(2,13-12-16)18(3,14-8-4-5-9-14)15-10-6-7-11-15;;;/h4,6,8,10,16H,5,7,12-13H2,1-3H3;2*1H;/q-2;;;+4/p-2. The maximum absolute atomic E-state index is 9.41. The van der Waals surface area contributed by atoms with Gasteiger partial charge in [-0.25, -0.2) is 22.5 Å². The van der Waals surface area contributed by atoms with E-state index in [1.165, 1.54) is 10.4 Å². The van der Waals surface area contributed by atoms with Gasteiger partial charge >= 0.3 is 26.2 Å². The van der Waals surface area contributed by atoms with E-state index in [4.69, 9.17) is 0 Å². The number of hydrogen-bond donors (Lipinski definition) is 1. The van der Waals surface area contributed by atoms with Crippen LogP contribution in [0.2, 0.25) is 25.7 Å². The average Bonchev–Trinajstić information content (AvgIpc) is 3.01. The first kappa shape index (κ1) is 24.1. The van der Waals surface area contributed by atoms with Crippen LogP contribution in [-0.2, 0) is 26.2 Å². The van der Waals surface area contributed by atoms with E-state index in [0.717, 1.165) is 18.9 Å². The minimum atomic E-state index is -1.72. The van der Waals surface area contributed by atoms with Crippen LogP contribution in [-0.4, -0.2) is 26.9 Å². The summed E-state index contributed by atoms with van der Waals surface area (Å²) in [6, 6.07) is 0.980. The van der Waals surface area contributed by atoms with Gasteiger partial charge in [-0.2, -0.15) is 12.2 Å². The Hall–Kier alpha value is 0.817. The molecule has 0 unspecified atom stereocenters. The summed E-state index contributed by atoms with van der Waals surface area (Å²) in [6.45, 7) is 7.63. The molecule has 1 N–H and O–H groups in total. The molecule has 2 aliphatic carbocycles. The normalized spacial score (nSPS) is 16.6. The second-order valence-corrected chi connectivity index (χ2v) is 20.5. The number of aliphatic hydroxyl groups excluding tert-OH is 1. The van der Waals surface area contributed by atoms with Crippen LogP contribution in [0.25, 0.3) is 0 Å². The Labute approximate surface area is 162 Å². The SMILES string of the molecule is C[Si](C)(CCO)[Si](C)(C1=[C-]CC=C1)C1=[C-]CC=C1.[Cl-].[Cl-].[Zr+4]. The number of allylic oxidation sites excluding steroid dienone is 8. The predicted octanol–water partition coefficient (Wildman–Crippen LogP) is -2.69. The zero-order valence-corrected chi connectivity index (χ0v) is 18.8. The maximum atomic E-state index is 9.41. The quantitative estimate of drug-likeness (QED) is 0.368. The minimum Gasteiger partial charge on any atom is -1.00 e. The van der Waals surface area contributed by atoms with E-state index in [-0.39, 0.29) is 51.0 Å². The van der Waals surface area contributed by atoms with Gasteiger partial charge in [-0.1, -0.05) is 19.6 Å². The van der Waals surface area contributed by atoms with Crippen molar-refractivity contribution in [1.82, 2.24) is 0 Å².